The molecule has 2 N–H and O–H groups in total. The Hall–Kier alpha value is -1.10. The monoisotopic (exact) mass is 338 g/mol. The van der Waals surface area contributed by atoms with Gasteiger partial charge in [0.2, 0.25) is 0 Å². The largest absolute Gasteiger partial charge is 0.378 e. The molecule has 1 fully saturated rings. The number of nitrogens with two attached hydrogens (primary N) is 1. The lowest BCUT2D eigenvalue weighted by atomic mass is 10.0. The zero-order valence-corrected chi connectivity index (χ0v) is 14.4. The van der Waals surface area contributed by atoms with Crippen LogP contribution in [0.3, 0.4) is 0 Å². The molecule has 1 aromatic carbocycles. The molecule has 1 saturated heterocycles. The quantitative estimate of drug-likeness (QED) is 0.839. The van der Waals surface area contributed by atoms with Crippen LogP contribution in [0.5, 0.6) is 0 Å². The van der Waals surface area contributed by atoms with Gasteiger partial charge in [0.15, 0.2) is 0 Å². The Labute approximate surface area is 144 Å². The molecule has 128 valence electrons. The minimum absolute atomic E-state index is 0. The fourth-order valence-corrected chi connectivity index (χ4v) is 3.45. The summed E-state index contributed by atoms with van der Waals surface area (Å²) in [5, 5.41) is 0. The average molecular weight is 339 g/mol. The zero-order chi connectivity index (χ0) is 15.4. The molecule has 3 rings (SSSR count). The van der Waals surface area contributed by atoms with Crippen LogP contribution in [-0.2, 0) is 17.6 Å². The van der Waals surface area contributed by atoms with E-state index in [0.29, 0.717) is 6.54 Å². The fraction of sp³-hybridized carbons (Fsp3) is 0.611. The van der Waals surface area contributed by atoms with Gasteiger partial charge >= 0.3 is 0 Å². The summed E-state index contributed by atoms with van der Waals surface area (Å²) in [7, 11) is 0. The molecule has 0 aromatic heterocycles. The van der Waals surface area contributed by atoms with Gasteiger partial charge in [-0.05, 0) is 68.3 Å². The second-order valence-electron chi connectivity index (χ2n) is 6.34. The number of amides is 1. The van der Waals surface area contributed by atoms with Crippen molar-refractivity contribution in [2.45, 2.75) is 44.6 Å². The van der Waals surface area contributed by atoms with Gasteiger partial charge in [-0.3, -0.25) is 4.79 Å². The zero-order valence-electron chi connectivity index (χ0n) is 13.6. The summed E-state index contributed by atoms with van der Waals surface area (Å²) in [5.41, 5.74) is 9.11. The van der Waals surface area contributed by atoms with E-state index in [0.717, 1.165) is 57.4 Å². The van der Waals surface area contributed by atoms with E-state index in [2.05, 4.69) is 12.1 Å². The molecule has 23 heavy (non-hydrogen) atoms. The summed E-state index contributed by atoms with van der Waals surface area (Å²) in [5.74, 6) is 0.176. The van der Waals surface area contributed by atoms with Crippen LogP contribution in [0.2, 0.25) is 0 Å². The maximum absolute atomic E-state index is 12.6. The van der Waals surface area contributed by atoms with Gasteiger partial charge in [-0.15, -0.1) is 12.4 Å². The van der Waals surface area contributed by atoms with E-state index >= 15 is 0 Å². The molecule has 1 aliphatic carbocycles. The first-order valence-electron chi connectivity index (χ1n) is 8.50. The Morgan fingerprint density at radius 1 is 1.22 bits per heavy atom. The van der Waals surface area contributed by atoms with Crippen molar-refractivity contribution in [2.24, 2.45) is 5.73 Å². The highest BCUT2D eigenvalue weighted by Crippen LogP contribution is 2.24. The maximum atomic E-state index is 12.6. The Bertz CT molecular complexity index is 528. The third kappa shape index (κ3) is 4.46. The molecule has 1 aliphatic heterocycles. The number of hydrogen-bond donors (Lipinski definition) is 1. The lowest BCUT2D eigenvalue weighted by Crippen LogP contribution is -2.41. The third-order valence-corrected chi connectivity index (χ3v) is 4.78. The summed E-state index contributed by atoms with van der Waals surface area (Å²) < 4.78 is 5.80. The highest BCUT2D eigenvalue weighted by atomic mass is 35.5. The molecule has 1 amide bonds. The fourth-order valence-electron chi connectivity index (χ4n) is 3.45. The van der Waals surface area contributed by atoms with Crippen molar-refractivity contribution in [1.29, 1.82) is 0 Å². The van der Waals surface area contributed by atoms with Crippen LogP contribution in [0.1, 0.15) is 47.2 Å². The highest BCUT2D eigenvalue weighted by Gasteiger charge is 2.24. The molecular formula is C18H27ClN2O2. The number of aryl methyl sites for hydroxylation is 2. The summed E-state index contributed by atoms with van der Waals surface area (Å²) in [6.45, 7) is 3.00. The predicted molar refractivity (Wildman–Crippen MR) is 94.3 cm³/mol. The van der Waals surface area contributed by atoms with Gasteiger partial charge < -0.3 is 15.4 Å². The summed E-state index contributed by atoms with van der Waals surface area (Å²) >= 11 is 0. The number of carbonyl (C=O) groups excluding carboxylic acids is 1. The molecule has 0 saturated carbocycles. The normalized spacial score (nSPS) is 17.7. The molecule has 5 heteroatoms. The highest BCUT2D eigenvalue weighted by molar-refractivity contribution is 5.94. The van der Waals surface area contributed by atoms with Gasteiger partial charge in [-0.2, -0.15) is 0 Å². The van der Waals surface area contributed by atoms with Gasteiger partial charge in [0, 0.05) is 25.3 Å². The second kappa shape index (κ2) is 8.67. The third-order valence-electron chi connectivity index (χ3n) is 4.78. The first-order valence-corrected chi connectivity index (χ1v) is 8.50. The molecular weight excluding hydrogens is 312 g/mol. The first kappa shape index (κ1) is 18.2. The van der Waals surface area contributed by atoms with Gasteiger partial charge in [0.1, 0.15) is 0 Å². The van der Waals surface area contributed by atoms with E-state index in [1.165, 1.54) is 17.5 Å². The first-order chi connectivity index (χ1) is 10.8. The van der Waals surface area contributed by atoms with Crippen molar-refractivity contribution in [3.05, 3.63) is 34.9 Å². The number of halogens is 1. The number of fused-ring (bicyclic) bond motifs is 1. The number of nitrogens with zero attached hydrogens (tertiary/aromatic N) is 1. The average Bonchev–Trinajstić information content (AvgIpc) is 3.02. The molecule has 0 unspecified atom stereocenters. The Morgan fingerprint density at radius 2 is 1.96 bits per heavy atom. The van der Waals surface area contributed by atoms with Crippen LogP contribution in [0.15, 0.2) is 18.2 Å². The second-order valence-corrected chi connectivity index (χ2v) is 6.34. The van der Waals surface area contributed by atoms with Gasteiger partial charge in [0.25, 0.3) is 5.91 Å². The van der Waals surface area contributed by atoms with E-state index in [4.69, 9.17) is 10.5 Å². The summed E-state index contributed by atoms with van der Waals surface area (Å²) in [6.07, 6.45) is 6.56. The number of piperidine rings is 1. The summed E-state index contributed by atoms with van der Waals surface area (Å²) in [4.78, 5) is 14.6. The smallest absolute Gasteiger partial charge is 0.253 e. The minimum atomic E-state index is 0. The molecule has 1 aromatic rings. The van der Waals surface area contributed by atoms with Gasteiger partial charge in [0.05, 0.1) is 6.10 Å². The number of ether oxygens (including phenoxy) is 1. The standard InChI is InChI=1S/C18H26N2O2.ClH/c19-9-2-12-22-17-7-10-20(11-8-17)18(21)16-6-5-14-3-1-4-15(14)13-16;/h5-6,13,17H,1-4,7-12,19H2;1H. The Kier molecular flexibility index (Phi) is 6.88. The van der Waals surface area contributed by atoms with Crippen LogP contribution >= 0.6 is 12.4 Å². The molecule has 0 radical (unpaired) electrons. The molecule has 0 atom stereocenters. The van der Waals surface area contributed by atoms with Crippen LogP contribution in [0.25, 0.3) is 0 Å². The lowest BCUT2D eigenvalue weighted by molar-refractivity contribution is 0.00844. The van der Waals surface area contributed by atoms with Crippen LogP contribution in [0, 0.1) is 0 Å². The van der Waals surface area contributed by atoms with Gasteiger partial charge in [-0.1, -0.05) is 6.07 Å². The maximum Gasteiger partial charge on any atom is 0.253 e. The van der Waals surface area contributed by atoms with Crippen LogP contribution in [0.4, 0.5) is 0 Å². The molecule has 4 nitrogen and oxygen atoms in total. The SMILES string of the molecule is Cl.NCCCOC1CCN(C(=O)c2ccc3c(c2)CCC3)CC1. The van der Waals surface area contributed by atoms with Crippen molar-refractivity contribution < 1.29 is 9.53 Å². The van der Waals surface area contributed by atoms with E-state index < -0.39 is 0 Å². The van der Waals surface area contributed by atoms with Crippen molar-refractivity contribution in [2.75, 3.05) is 26.2 Å². The van der Waals surface area contributed by atoms with Crippen molar-refractivity contribution in [3.8, 4) is 0 Å². The van der Waals surface area contributed by atoms with Crippen molar-refractivity contribution >= 4 is 18.3 Å². The lowest BCUT2D eigenvalue weighted by Gasteiger charge is -2.32. The number of hydrogen-bond acceptors (Lipinski definition) is 3. The van der Waals surface area contributed by atoms with E-state index in [1.807, 2.05) is 11.0 Å². The van der Waals surface area contributed by atoms with Crippen molar-refractivity contribution in [1.82, 2.24) is 4.90 Å². The van der Waals surface area contributed by atoms with Crippen LogP contribution in [-0.4, -0.2) is 43.2 Å². The molecule has 0 bridgehead atoms. The molecule has 2 aliphatic rings. The number of carbonyl (C=O) groups is 1. The van der Waals surface area contributed by atoms with E-state index in [9.17, 15) is 4.79 Å². The topological polar surface area (TPSA) is 55.6 Å². The van der Waals surface area contributed by atoms with E-state index in [1.54, 1.807) is 0 Å². The van der Waals surface area contributed by atoms with E-state index in [-0.39, 0.29) is 24.4 Å². The number of likely N-dealkylation sites (tertiary alicyclic amines) is 1. The Morgan fingerprint density at radius 3 is 2.70 bits per heavy atom. The van der Waals surface area contributed by atoms with Crippen molar-refractivity contribution in [3.63, 3.8) is 0 Å². The summed E-state index contributed by atoms with van der Waals surface area (Å²) in [6, 6.07) is 6.24. The van der Waals surface area contributed by atoms with Gasteiger partial charge in [-0.25, -0.2) is 0 Å². The Balaban J connectivity index is 0.00000192. The minimum Gasteiger partial charge on any atom is -0.378 e. The predicted octanol–water partition coefficient (Wildman–Crippen LogP) is 2.57. The van der Waals surface area contributed by atoms with Crippen LogP contribution < -0.4 is 5.73 Å². The molecule has 0 spiro atoms. The molecule has 1 heterocycles. The number of benzene rings is 1. The number of rotatable bonds is 5.